The molecule has 0 fully saturated rings. The van der Waals surface area contributed by atoms with Crippen LogP contribution in [0.15, 0.2) is 89.9 Å². The molecule has 3 N–H and O–H groups in total. The molecule has 3 aromatic carbocycles. The molecule has 49 heavy (non-hydrogen) atoms. The summed E-state index contributed by atoms with van der Waals surface area (Å²) in [7, 11) is 1.79. The Morgan fingerprint density at radius 1 is 0.980 bits per heavy atom. The minimum atomic E-state index is -0.893. The van der Waals surface area contributed by atoms with Crippen LogP contribution in [0, 0.1) is 6.92 Å². The Morgan fingerprint density at radius 3 is 2.41 bits per heavy atom. The second-order valence-corrected chi connectivity index (χ2v) is 12.4. The molecule has 1 aliphatic heterocycles. The monoisotopic (exact) mass is 664 g/mol. The van der Waals surface area contributed by atoms with Crippen LogP contribution in [0.2, 0.25) is 0 Å². The number of nitrogens with zero attached hydrogens (tertiary/aromatic N) is 3. The Morgan fingerprint density at radius 2 is 1.69 bits per heavy atom. The summed E-state index contributed by atoms with van der Waals surface area (Å²) < 4.78 is 11.4. The van der Waals surface area contributed by atoms with Crippen molar-refractivity contribution in [3.63, 3.8) is 0 Å². The number of aryl methyl sites for hydroxylation is 1. The van der Waals surface area contributed by atoms with Crippen LogP contribution in [0.4, 0.5) is 4.79 Å². The molecule has 1 aromatic heterocycles. The quantitative estimate of drug-likeness (QED) is 0.187. The summed E-state index contributed by atoms with van der Waals surface area (Å²) >= 11 is 0. The summed E-state index contributed by atoms with van der Waals surface area (Å²) in [5.74, 6) is -0.0770. The van der Waals surface area contributed by atoms with Crippen LogP contribution >= 0.6 is 0 Å². The molecular formula is C38H44N6O5. The Hall–Kier alpha value is -5.29. The third kappa shape index (κ3) is 8.80. The lowest BCUT2D eigenvalue weighted by Gasteiger charge is -2.39. The first-order valence-electron chi connectivity index (χ1n) is 16.6. The fourth-order valence-corrected chi connectivity index (χ4v) is 5.95. The number of carbonyl (C=O) groups is 3. The molecular weight excluding hydrogens is 620 g/mol. The van der Waals surface area contributed by atoms with Crippen LogP contribution in [0.25, 0.3) is 5.57 Å². The SMILES string of the molecule is C=C(c1nnc(Cc2cccc(C)c2)o1)C(NC(=O)C1Cc2ccccc2CN1C(=O)C(CC)NC(=O)OCc1ccccc1)C(C)NC. The van der Waals surface area contributed by atoms with Crippen molar-refractivity contribution in [2.75, 3.05) is 7.05 Å². The lowest BCUT2D eigenvalue weighted by atomic mass is 9.92. The minimum absolute atomic E-state index is 0.0712. The lowest BCUT2D eigenvalue weighted by molar-refractivity contribution is -0.143. The van der Waals surface area contributed by atoms with Gasteiger partial charge in [0.1, 0.15) is 18.7 Å². The predicted molar refractivity (Wildman–Crippen MR) is 186 cm³/mol. The van der Waals surface area contributed by atoms with E-state index in [1.807, 2.05) is 86.6 Å². The molecule has 11 nitrogen and oxygen atoms in total. The molecule has 0 aliphatic carbocycles. The third-order valence-electron chi connectivity index (χ3n) is 8.85. The molecule has 3 amide bonds. The molecule has 256 valence electrons. The summed E-state index contributed by atoms with van der Waals surface area (Å²) in [4.78, 5) is 42.6. The number of nitrogens with one attached hydrogen (secondary N) is 3. The molecule has 4 aromatic rings. The van der Waals surface area contributed by atoms with Crippen molar-refractivity contribution in [3.8, 4) is 0 Å². The highest BCUT2D eigenvalue weighted by Gasteiger charge is 2.39. The lowest BCUT2D eigenvalue weighted by Crippen LogP contribution is -2.60. The largest absolute Gasteiger partial charge is 0.445 e. The molecule has 0 saturated heterocycles. The second kappa shape index (κ2) is 16.2. The maximum absolute atomic E-state index is 14.2. The highest BCUT2D eigenvalue weighted by Crippen LogP contribution is 2.26. The van der Waals surface area contributed by atoms with Crippen LogP contribution < -0.4 is 16.0 Å². The van der Waals surface area contributed by atoms with Gasteiger partial charge in [-0.25, -0.2) is 4.79 Å². The molecule has 2 heterocycles. The molecule has 0 spiro atoms. The van der Waals surface area contributed by atoms with Gasteiger partial charge in [-0.05, 0) is 49.6 Å². The first-order valence-corrected chi connectivity index (χ1v) is 16.6. The van der Waals surface area contributed by atoms with E-state index in [0.717, 1.165) is 27.8 Å². The second-order valence-electron chi connectivity index (χ2n) is 12.4. The number of amides is 3. The van der Waals surface area contributed by atoms with Crippen LogP contribution in [0.3, 0.4) is 0 Å². The molecule has 4 atom stereocenters. The van der Waals surface area contributed by atoms with E-state index in [1.165, 1.54) is 0 Å². The van der Waals surface area contributed by atoms with Crippen molar-refractivity contribution in [2.45, 2.75) is 77.4 Å². The molecule has 4 unspecified atom stereocenters. The van der Waals surface area contributed by atoms with E-state index in [1.54, 1.807) is 18.9 Å². The van der Waals surface area contributed by atoms with E-state index in [0.29, 0.717) is 30.7 Å². The van der Waals surface area contributed by atoms with Crippen molar-refractivity contribution in [2.24, 2.45) is 0 Å². The summed E-state index contributed by atoms with van der Waals surface area (Å²) in [5, 5.41) is 17.5. The number of ether oxygens (including phenoxy) is 1. The summed E-state index contributed by atoms with van der Waals surface area (Å²) in [6, 6.07) is 22.5. The van der Waals surface area contributed by atoms with Crippen molar-refractivity contribution in [1.82, 2.24) is 31.0 Å². The number of carbonyl (C=O) groups excluding carboxylic acids is 3. The predicted octanol–water partition coefficient (Wildman–Crippen LogP) is 4.73. The number of benzene rings is 3. The first-order chi connectivity index (χ1) is 23.7. The van der Waals surface area contributed by atoms with Crippen LogP contribution in [0.1, 0.15) is 59.9 Å². The summed E-state index contributed by atoms with van der Waals surface area (Å²) in [6.07, 6.45) is 0.370. The maximum Gasteiger partial charge on any atom is 0.408 e. The average molecular weight is 665 g/mol. The zero-order chi connectivity index (χ0) is 34.9. The van der Waals surface area contributed by atoms with Crippen molar-refractivity contribution < 1.29 is 23.5 Å². The zero-order valence-corrected chi connectivity index (χ0v) is 28.4. The topological polar surface area (TPSA) is 139 Å². The van der Waals surface area contributed by atoms with Gasteiger partial charge in [-0.1, -0.05) is 97.9 Å². The zero-order valence-electron chi connectivity index (χ0n) is 28.4. The van der Waals surface area contributed by atoms with Gasteiger partial charge < -0.3 is 30.0 Å². The minimum Gasteiger partial charge on any atom is -0.445 e. The molecule has 1 aliphatic rings. The van der Waals surface area contributed by atoms with Gasteiger partial charge in [-0.3, -0.25) is 9.59 Å². The van der Waals surface area contributed by atoms with E-state index < -0.39 is 24.2 Å². The third-order valence-corrected chi connectivity index (χ3v) is 8.85. The number of aromatic nitrogens is 2. The van der Waals surface area contributed by atoms with Gasteiger partial charge in [0.15, 0.2) is 0 Å². The highest BCUT2D eigenvalue weighted by atomic mass is 16.5. The van der Waals surface area contributed by atoms with E-state index in [-0.39, 0.29) is 36.9 Å². The van der Waals surface area contributed by atoms with Gasteiger partial charge in [0.2, 0.25) is 23.6 Å². The molecule has 5 rings (SSSR count). The number of hydrogen-bond donors (Lipinski definition) is 3. The first kappa shape index (κ1) is 35.0. The summed E-state index contributed by atoms with van der Waals surface area (Å²) in [5.41, 5.74) is 5.37. The Labute approximate surface area is 287 Å². The van der Waals surface area contributed by atoms with Crippen LogP contribution in [0.5, 0.6) is 0 Å². The molecule has 11 heteroatoms. The van der Waals surface area contributed by atoms with E-state index in [9.17, 15) is 14.4 Å². The van der Waals surface area contributed by atoms with Gasteiger partial charge in [0.25, 0.3) is 0 Å². The Kier molecular flexibility index (Phi) is 11.6. The smallest absolute Gasteiger partial charge is 0.408 e. The summed E-state index contributed by atoms with van der Waals surface area (Å²) in [6.45, 7) is 10.3. The van der Waals surface area contributed by atoms with Crippen molar-refractivity contribution >= 4 is 23.5 Å². The molecule has 0 saturated carbocycles. The van der Waals surface area contributed by atoms with Crippen molar-refractivity contribution in [1.29, 1.82) is 0 Å². The van der Waals surface area contributed by atoms with E-state index in [4.69, 9.17) is 9.15 Å². The van der Waals surface area contributed by atoms with Crippen LogP contribution in [-0.4, -0.2) is 64.2 Å². The van der Waals surface area contributed by atoms with Crippen molar-refractivity contribution in [3.05, 3.63) is 125 Å². The molecule has 0 radical (unpaired) electrons. The number of alkyl carbamates (subject to hydrolysis) is 1. The Bertz CT molecular complexity index is 1770. The molecule has 0 bridgehead atoms. The fraction of sp³-hybridized carbons (Fsp3) is 0.342. The van der Waals surface area contributed by atoms with Gasteiger partial charge in [-0.2, -0.15) is 0 Å². The standard InChI is InChI=1S/C38H44N6O5/c1-6-31(40-38(47)48-23-27-14-8-7-9-15-27)37(46)44-22-30-18-11-10-17-29(30)21-32(44)35(45)41-34(26(4)39-5)25(3)36-43-42-33(49-36)20-28-16-12-13-24(2)19-28/h7-19,26,31-32,34,39H,3,6,20-23H2,1-2,4-5H3,(H,40,47)(H,41,45). The van der Waals surface area contributed by atoms with Gasteiger partial charge in [-0.15, -0.1) is 10.2 Å². The van der Waals surface area contributed by atoms with Gasteiger partial charge in [0.05, 0.1) is 12.5 Å². The normalized spacial score (nSPS) is 15.8. The van der Waals surface area contributed by atoms with E-state index in [2.05, 4.69) is 38.8 Å². The fourth-order valence-electron chi connectivity index (χ4n) is 5.95. The number of fused-ring (bicyclic) bond motifs is 1. The van der Waals surface area contributed by atoms with Crippen LogP contribution in [-0.2, 0) is 40.3 Å². The average Bonchev–Trinajstić information content (AvgIpc) is 3.59. The Balaban J connectivity index is 1.32. The maximum atomic E-state index is 14.2. The van der Waals surface area contributed by atoms with Gasteiger partial charge in [0, 0.05) is 24.6 Å². The number of rotatable bonds is 13. The highest BCUT2D eigenvalue weighted by molar-refractivity contribution is 5.92. The van der Waals surface area contributed by atoms with E-state index >= 15 is 0 Å². The van der Waals surface area contributed by atoms with Gasteiger partial charge >= 0.3 is 6.09 Å². The number of likely N-dealkylation sites (N-methyl/N-ethyl adjacent to an activating group) is 1. The number of hydrogen-bond acceptors (Lipinski definition) is 8.